The van der Waals surface area contributed by atoms with Crippen molar-refractivity contribution in [1.82, 2.24) is 9.47 Å². The Morgan fingerprint density at radius 1 is 1.03 bits per heavy atom. The topological polar surface area (TPSA) is 84.8 Å². The number of nitro benzene ring substituents is 1. The lowest BCUT2D eigenvalue weighted by Gasteiger charge is -2.35. The van der Waals surface area contributed by atoms with Crippen LogP contribution in [0.25, 0.3) is 11.1 Å². The van der Waals surface area contributed by atoms with Crippen molar-refractivity contribution in [2.45, 2.75) is 12.7 Å². The van der Waals surface area contributed by atoms with Crippen molar-refractivity contribution in [2.24, 2.45) is 0 Å². The van der Waals surface area contributed by atoms with Gasteiger partial charge in [0.2, 0.25) is 0 Å². The summed E-state index contributed by atoms with van der Waals surface area (Å²) >= 11 is 0. The number of piperazine rings is 1. The first kappa shape index (κ1) is 20.9. The third-order valence-corrected chi connectivity index (χ3v) is 5.43. The zero-order valence-corrected chi connectivity index (χ0v) is 16.3. The summed E-state index contributed by atoms with van der Waals surface area (Å²) in [6.07, 6.45) is -4.64. The highest BCUT2D eigenvalue weighted by Gasteiger charge is 2.34. The number of aromatic nitrogens is 1. The molecule has 1 fully saturated rings. The molecule has 1 saturated heterocycles. The summed E-state index contributed by atoms with van der Waals surface area (Å²) in [6.45, 7) is 2.97. The molecule has 0 unspecified atom stereocenters. The molecule has 0 amide bonds. The molecule has 0 aliphatic carbocycles. The van der Waals surface area contributed by atoms with Gasteiger partial charge in [-0.3, -0.25) is 19.6 Å². The lowest BCUT2D eigenvalue weighted by molar-refractivity contribution is -0.384. The maximum atomic E-state index is 12.9. The monoisotopic (exact) mass is 436 g/mol. The smallest absolute Gasteiger partial charge is 0.408 e. The fourth-order valence-electron chi connectivity index (χ4n) is 3.79. The van der Waals surface area contributed by atoms with Crippen molar-refractivity contribution in [3.63, 3.8) is 0 Å². The SMILES string of the molecule is O=c1oc2ccccc2n1CCN1CCN(c2ccc(C(F)(F)F)cc2[N+](=O)[O-])CC1. The van der Waals surface area contributed by atoms with Gasteiger partial charge >= 0.3 is 11.9 Å². The van der Waals surface area contributed by atoms with Gasteiger partial charge in [-0.15, -0.1) is 0 Å². The molecular formula is C20H19F3N4O4. The largest absolute Gasteiger partial charge is 0.419 e. The molecule has 1 aliphatic rings. The molecule has 1 aromatic heterocycles. The molecule has 0 radical (unpaired) electrons. The van der Waals surface area contributed by atoms with Gasteiger partial charge in [0.15, 0.2) is 5.58 Å². The second kappa shape index (κ2) is 8.06. The fourth-order valence-corrected chi connectivity index (χ4v) is 3.79. The number of halogens is 3. The number of fused-ring (bicyclic) bond motifs is 1. The summed E-state index contributed by atoms with van der Waals surface area (Å²) in [5.41, 5.74) is -0.188. The zero-order chi connectivity index (χ0) is 22.2. The number of benzene rings is 2. The van der Waals surface area contributed by atoms with E-state index in [1.165, 1.54) is 0 Å². The Morgan fingerprint density at radius 2 is 1.74 bits per heavy atom. The molecular weight excluding hydrogens is 417 g/mol. The Kier molecular flexibility index (Phi) is 5.44. The molecule has 8 nitrogen and oxygen atoms in total. The van der Waals surface area contributed by atoms with Crippen LogP contribution in [0.15, 0.2) is 51.7 Å². The first-order valence-corrected chi connectivity index (χ1v) is 9.65. The van der Waals surface area contributed by atoms with E-state index in [0.29, 0.717) is 56.4 Å². The van der Waals surface area contributed by atoms with E-state index in [9.17, 15) is 28.1 Å². The van der Waals surface area contributed by atoms with Crippen LogP contribution in [0.4, 0.5) is 24.5 Å². The molecule has 11 heteroatoms. The van der Waals surface area contributed by atoms with E-state index in [2.05, 4.69) is 4.90 Å². The molecule has 0 bridgehead atoms. The quantitative estimate of drug-likeness (QED) is 0.451. The standard InChI is InChI=1S/C20H19F3N4O4/c21-20(22,23)14-5-6-15(17(13-14)27(29)30)25-10-7-24(8-11-25)9-12-26-16-3-1-2-4-18(16)31-19(26)28/h1-6,13H,7-12H2. The maximum Gasteiger partial charge on any atom is 0.419 e. The van der Waals surface area contributed by atoms with Crippen molar-refractivity contribution < 1.29 is 22.5 Å². The van der Waals surface area contributed by atoms with Crippen molar-refractivity contribution >= 4 is 22.5 Å². The van der Waals surface area contributed by atoms with Gasteiger partial charge < -0.3 is 9.32 Å². The third-order valence-electron chi connectivity index (χ3n) is 5.43. The highest BCUT2D eigenvalue weighted by atomic mass is 19.4. The number of hydrogen-bond acceptors (Lipinski definition) is 6. The minimum atomic E-state index is -4.64. The van der Waals surface area contributed by atoms with Gasteiger partial charge in [-0.2, -0.15) is 13.2 Å². The summed E-state index contributed by atoms with van der Waals surface area (Å²) < 4.78 is 45.5. The first-order chi connectivity index (χ1) is 14.7. The third kappa shape index (κ3) is 4.26. The maximum absolute atomic E-state index is 12.9. The van der Waals surface area contributed by atoms with E-state index in [1.54, 1.807) is 21.6 Å². The van der Waals surface area contributed by atoms with Crippen molar-refractivity contribution in [3.8, 4) is 0 Å². The van der Waals surface area contributed by atoms with Gasteiger partial charge in [0, 0.05) is 45.3 Å². The number of anilines is 1. The Labute approximate surface area is 174 Å². The van der Waals surface area contributed by atoms with Gasteiger partial charge in [-0.25, -0.2) is 4.79 Å². The molecule has 2 heterocycles. The van der Waals surface area contributed by atoms with Gasteiger partial charge in [0.05, 0.1) is 16.0 Å². The van der Waals surface area contributed by atoms with Crippen LogP contribution in [0.1, 0.15) is 5.56 Å². The highest BCUT2D eigenvalue weighted by molar-refractivity contribution is 5.72. The molecule has 0 spiro atoms. The molecule has 0 atom stereocenters. The minimum Gasteiger partial charge on any atom is -0.408 e. The minimum absolute atomic E-state index is 0.176. The van der Waals surface area contributed by atoms with Crippen LogP contribution in [-0.4, -0.2) is 47.1 Å². The van der Waals surface area contributed by atoms with E-state index < -0.39 is 28.1 Å². The zero-order valence-electron chi connectivity index (χ0n) is 16.3. The summed E-state index contributed by atoms with van der Waals surface area (Å²) in [7, 11) is 0. The van der Waals surface area contributed by atoms with Crippen LogP contribution in [0.5, 0.6) is 0 Å². The average molecular weight is 436 g/mol. The summed E-state index contributed by atoms with van der Waals surface area (Å²) in [5, 5.41) is 11.3. The number of oxazole rings is 1. The van der Waals surface area contributed by atoms with E-state index in [4.69, 9.17) is 4.42 Å². The van der Waals surface area contributed by atoms with E-state index in [1.807, 2.05) is 12.1 Å². The Morgan fingerprint density at radius 3 is 2.42 bits per heavy atom. The molecule has 31 heavy (non-hydrogen) atoms. The van der Waals surface area contributed by atoms with Crippen LogP contribution >= 0.6 is 0 Å². The number of hydrogen-bond donors (Lipinski definition) is 0. The first-order valence-electron chi connectivity index (χ1n) is 9.65. The highest BCUT2D eigenvalue weighted by Crippen LogP contribution is 2.36. The van der Waals surface area contributed by atoms with E-state index in [0.717, 1.165) is 12.1 Å². The van der Waals surface area contributed by atoms with Crippen LogP contribution in [-0.2, 0) is 12.7 Å². The van der Waals surface area contributed by atoms with Gasteiger partial charge in [0.25, 0.3) is 5.69 Å². The van der Waals surface area contributed by atoms with Crippen LogP contribution in [0.3, 0.4) is 0 Å². The van der Waals surface area contributed by atoms with Crippen LogP contribution in [0.2, 0.25) is 0 Å². The molecule has 4 rings (SSSR count). The summed E-state index contributed by atoms with van der Waals surface area (Å²) in [4.78, 5) is 26.4. The second-order valence-electron chi connectivity index (χ2n) is 7.27. The van der Waals surface area contributed by atoms with E-state index in [-0.39, 0.29) is 5.69 Å². The number of alkyl halides is 3. The van der Waals surface area contributed by atoms with Gasteiger partial charge in [-0.05, 0) is 24.3 Å². The number of rotatable bonds is 5. The normalized spacial score (nSPS) is 15.5. The average Bonchev–Trinajstić information content (AvgIpc) is 3.06. The fraction of sp³-hybridized carbons (Fsp3) is 0.350. The molecule has 2 aromatic carbocycles. The lowest BCUT2D eigenvalue weighted by atomic mass is 10.1. The molecule has 0 N–H and O–H groups in total. The summed E-state index contributed by atoms with van der Waals surface area (Å²) in [6, 6.07) is 9.75. The predicted molar refractivity (Wildman–Crippen MR) is 107 cm³/mol. The van der Waals surface area contributed by atoms with Crippen LogP contribution in [0, 0.1) is 10.1 Å². The summed E-state index contributed by atoms with van der Waals surface area (Å²) in [5.74, 6) is -0.430. The number of nitro groups is 1. The van der Waals surface area contributed by atoms with E-state index >= 15 is 0 Å². The Hall–Kier alpha value is -3.34. The number of nitrogens with zero attached hydrogens (tertiary/aromatic N) is 4. The number of para-hydroxylation sites is 2. The second-order valence-corrected chi connectivity index (χ2v) is 7.27. The molecule has 1 aliphatic heterocycles. The van der Waals surface area contributed by atoms with Crippen molar-refractivity contribution in [1.29, 1.82) is 0 Å². The van der Waals surface area contributed by atoms with Crippen LogP contribution < -0.4 is 10.7 Å². The van der Waals surface area contributed by atoms with Gasteiger partial charge in [-0.1, -0.05) is 12.1 Å². The van der Waals surface area contributed by atoms with Crippen molar-refractivity contribution in [3.05, 3.63) is 68.7 Å². The lowest BCUT2D eigenvalue weighted by Crippen LogP contribution is -2.47. The molecule has 3 aromatic rings. The molecule has 0 saturated carbocycles. The van der Waals surface area contributed by atoms with Gasteiger partial charge in [0.1, 0.15) is 5.69 Å². The Bertz CT molecular complexity index is 1160. The Balaban J connectivity index is 1.42. The van der Waals surface area contributed by atoms with Crippen molar-refractivity contribution in [2.75, 3.05) is 37.6 Å². The predicted octanol–water partition coefficient (Wildman–Crippen LogP) is 3.34. The molecule has 164 valence electrons.